The Bertz CT molecular complexity index is 810. The molecule has 0 saturated heterocycles. The van der Waals surface area contributed by atoms with E-state index in [2.05, 4.69) is 17.2 Å². The van der Waals surface area contributed by atoms with Crippen LogP contribution in [0.25, 0.3) is 4.96 Å². The lowest BCUT2D eigenvalue weighted by Crippen LogP contribution is -2.83. The minimum Gasteiger partial charge on any atom is -0.335 e. The van der Waals surface area contributed by atoms with E-state index in [0.717, 1.165) is 15.7 Å². The molecule has 0 saturated carbocycles. The highest BCUT2D eigenvalue weighted by atomic mass is 35.5. The van der Waals surface area contributed by atoms with Crippen LogP contribution in [0.1, 0.15) is 24.2 Å². The summed E-state index contributed by atoms with van der Waals surface area (Å²) >= 11 is 7.37. The van der Waals surface area contributed by atoms with Crippen molar-refractivity contribution >= 4 is 27.9 Å². The van der Waals surface area contributed by atoms with Gasteiger partial charge in [-0.1, -0.05) is 23.7 Å². The van der Waals surface area contributed by atoms with Crippen molar-refractivity contribution in [3.8, 4) is 0 Å². The number of halogens is 1. The van der Waals surface area contributed by atoms with Crippen molar-refractivity contribution in [2.24, 2.45) is 0 Å². The Kier molecular flexibility index (Phi) is 4.05. The standard InChI is InChI=1S/C15H14ClN3OS/c1-10(11-2-4-12(16)5-3-11)17-9-13-8-14(20)19-6-7-21-15(19)18-13/h2-8,10,17H,9H2,1H3/p+1/t10-/m1/s1. The zero-order valence-electron chi connectivity index (χ0n) is 11.5. The van der Waals surface area contributed by atoms with E-state index in [0.29, 0.717) is 6.54 Å². The minimum absolute atomic E-state index is 0.0243. The summed E-state index contributed by atoms with van der Waals surface area (Å²) in [5.41, 5.74) is 1.99. The number of hydrogen-bond acceptors (Lipinski definition) is 3. The van der Waals surface area contributed by atoms with Crippen molar-refractivity contribution in [3.05, 3.63) is 68.5 Å². The Hall–Kier alpha value is -1.69. The quantitative estimate of drug-likeness (QED) is 0.801. The molecule has 0 aliphatic heterocycles. The van der Waals surface area contributed by atoms with E-state index in [4.69, 9.17) is 11.6 Å². The molecule has 2 N–H and O–H groups in total. The molecule has 0 aliphatic rings. The second kappa shape index (κ2) is 5.97. The van der Waals surface area contributed by atoms with E-state index >= 15 is 0 Å². The van der Waals surface area contributed by atoms with Gasteiger partial charge in [0.05, 0.1) is 0 Å². The third kappa shape index (κ3) is 3.15. The number of thiazole rings is 1. The molecule has 21 heavy (non-hydrogen) atoms. The molecular formula is C15H15ClN3OS+. The molecular weight excluding hydrogens is 306 g/mol. The maximum absolute atomic E-state index is 11.9. The molecule has 3 rings (SSSR count). The molecule has 4 nitrogen and oxygen atoms in total. The Morgan fingerprint density at radius 2 is 2.14 bits per heavy atom. The van der Waals surface area contributed by atoms with Crippen molar-refractivity contribution < 1.29 is 5.32 Å². The Balaban J connectivity index is 1.73. The highest BCUT2D eigenvalue weighted by molar-refractivity contribution is 7.15. The van der Waals surface area contributed by atoms with Gasteiger partial charge in [-0.2, -0.15) is 0 Å². The second-order valence-electron chi connectivity index (χ2n) is 4.92. The van der Waals surface area contributed by atoms with Gasteiger partial charge < -0.3 is 5.32 Å². The molecule has 2 heterocycles. The Labute approximate surface area is 131 Å². The van der Waals surface area contributed by atoms with Crippen LogP contribution < -0.4 is 10.9 Å². The second-order valence-corrected chi connectivity index (χ2v) is 6.23. The van der Waals surface area contributed by atoms with Gasteiger partial charge in [0.1, 0.15) is 18.3 Å². The number of nitrogens with zero attached hydrogens (tertiary/aromatic N) is 2. The lowest BCUT2D eigenvalue weighted by molar-refractivity contribution is -0.708. The molecule has 2 aromatic heterocycles. The number of benzene rings is 1. The monoisotopic (exact) mass is 320 g/mol. The van der Waals surface area contributed by atoms with E-state index in [1.165, 1.54) is 16.9 Å². The van der Waals surface area contributed by atoms with Crippen LogP contribution in [0, 0.1) is 0 Å². The normalized spacial score (nSPS) is 12.7. The number of hydrogen-bond donors (Lipinski definition) is 1. The van der Waals surface area contributed by atoms with Crippen LogP contribution >= 0.6 is 22.9 Å². The molecule has 0 aliphatic carbocycles. The van der Waals surface area contributed by atoms with Crippen LogP contribution in [0.5, 0.6) is 0 Å². The largest absolute Gasteiger partial charge is 0.335 e. The first-order valence-electron chi connectivity index (χ1n) is 6.68. The first-order valence-corrected chi connectivity index (χ1v) is 7.94. The molecule has 3 aromatic rings. The number of fused-ring (bicyclic) bond motifs is 1. The van der Waals surface area contributed by atoms with Crippen LogP contribution in [-0.4, -0.2) is 9.38 Å². The van der Waals surface area contributed by atoms with Crippen LogP contribution in [0.15, 0.2) is 46.7 Å². The fourth-order valence-corrected chi connectivity index (χ4v) is 3.06. The van der Waals surface area contributed by atoms with Gasteiger partial charge in [-0.05, 0) is 19.1 Å². The SMILES string of the molecule is C[C@@H]([NH2+]Cc1cc(=O)n2ccsc2n1)c1ccc(Cl)cc1. The predicted molar refractivity (Wildman–Crippen MR) is 84.8 cm³/mol. The van der Waals surface area contributed by atoms with Crippen molar-refractivity contribution in [3.63, 3.8) is 0 Å². The van der Waals surface area contributed by atoms with Gasteiger partial charge in [-0.25, -0.2) is 4.98 Å². The van der Waals surface area contributed by atoms with Crippen LogP contribution in [0.3, 0.4) is 0 Å². The van der Waals surface area contributed by atoms with Gasteiger partial charge in [0, 0.05) is 28.2 Å². The molecule has 0 bridgehead atoms. The molecule has 108 valence electrons. The van der Waals surface area contributed by atoms with E-state index in [-0.39, 0.29) is 11.6 Å². The van der Waals surface area contributed by atoms with Gasteiger partial charge in [0.15, 0.2) is 4.96 Å². The summed E-state index contributed by atoms with van der Waals surface area (Å²) in [5, 5.41) is 4.77. The smallest absolute Gasteiger partial charge is 0.258 e. The van der Waals surface area contributed by atoms with E-state index in [9.17, 15) is 4.79 Å². The fourth-order valence-electron chi connectivity index (χ4n) is 2.19. The topological polar surface area (TPSA) is 51.0 Å². The molecule has 1 aromatic carbocycles. The van der Waals surface area contributed by atoms with Crippen LogP contribution in [0.2, 0.25) is 5.02 Å². The van der Waals surface area contributed by atoms with Gasteiger partial charge >= 0.3 is 0 Å². The van der Waals surface area contributed by atoms with Crippen molar-refractivity contribution in [2.45, 2.75) is 19.5 Å². The average molecular weight is 321 g/mol. The van der Waals surface area contributed by atoms with E-state index in [1.807, 2.05) is 29.6 Å². The minimum atomic E-state index is -0.0243. The van der Waals surface area contributed by atoms with Crippen LogP contribution in [-0.2, 0) is 6.54 Å². The molecule has 6 heteroatoms. The summed E-state index contributed by atoms with van der Waals surface area (Å²) in [6.07, 6.45) is 1.75. The molecule has 0 amide bonds. The number of nitrogens with two attached hydrogens (primary N) is 1. The Morgan fingerprint density at radius 3 is 2.90 bits per heavy atom. The van der Waals surface area contributed by atoms with Gasteiger partial charge in [-0.3, -0.25) is 9.20 Å². The van der Waals surface area contributed by atoms with E-state index < -0.39 is 0 Å². The number of aromatic nitrogens is 2. The first-order chi connectivity index (χ1) is 10.1. The lowest BCUT2D eigenvalue weighted by Gasteiger charge is -2.10. The summed E-state index contributed by atoms with van der Waals surface area (Å²) in [4.78, 5) is 17.2. The zero-order valence-corrected chi connectivity index (χ0v) is 13.1. The van der Waals surface area contributed by atoms with Gasteiger partial charge in [-0.15, -0.1) is 11.3 Å². The zero-order chi connectivity index (χ0) is 14.8. The van der Waals surface area contributed by atoms with Gasteiger partial charge in [0.25, 0.3) is 5.56 Å². The lowest BCUT2D eigenvalue weighted by atomic mass is 10.1. The van der Waals surface area contributed by atoms with Gasteiger partial charge in [0.2, 0.25) is 0 Å². The maximum Gasteiger partial charge on any atom is 0.258 e. The summed E-state index contributed by atoms with van der Waals surface area (Å²) in [6.45, 7) is 2.80. The average Bonchev–Trinajstić information content (AvgIpc) is 2.94. The predicted octanol–water partition coefficient (Wildman–Crippen LogP) is 2.23. The summed E-state index contributed by atoms with van der Waals surface area (Å²) < 4.78 is 1.57. The molecule has 0 radical (unpaired) electrons. The van der Waals surface area contributed by atoms with Crippen LogP contribution in [0.4, 0.5) is 0 Å². The first kappa shape index (κ1) is 14.3. The molecule has 0 unspecified atom stereocenters. The molecule has 0 fully saturated rings. The summed E-state index contributed by atoms with van der Waals surface area (Å²) in [6, 6.07) is 9.71. The van der Waals surface area contributed by atoms with E-state index in [1.54, 1.807) is 16.7 Å². The van der Waals surface area contributed by atoms with Crippen molar-refractivity contribution in [2.75, 3.05) is 0 Å². The molecule has 0 spiro atoms. The Morgan fingerprint density at radius 1 is 1.38 bits per heavy atom. The summed E-state index contributed by atoms with van der Waals surface area (Å²) in [7, 11) is 0. The third-order valence-electron chi connectivity index (χ3n) is 3.43. The summed E-state index contributed by atoms with van der Waals surface area (Å²) in [5.74, 6) is 0. The fraction of sp³-hybridized carbons (Fsp3) is 0.200. The highest BCUT2D eigenvalue weighted by Gasteiger charge is 2.10. The van der Waals surface area contributed by atoms with Crippen molar-refractivity contribution in [1.29, 1.82) is 0 Å². The third-order valence-corrected chi connectivity index (χ3v) is 4.44. The maximum atomic E-state index is 11.9. The highest BCUT2D eigenvalue weighted by Crippen LogP contribution is 2.13. The number of quaternary nitrogens is 1. The molecule has 1 atom stereocenters. The van der Waals surface area contributed by atoms with Crippen molar-refractivity contribution in [1.82, 2.24) is 9.38 Å². The number of rotatable bonds is 4.